The highest BCUT2D eigenvalue weighted by atomic mass is 16.2. The molecule has 0 bridgehead atoms. The third-order valence-corrected chi connectivity index (χ3v) is 2.54. The Labute approximate surface area is 107 Å². The minimum atomic E-state index is -0.528. The van der Waals surface area contributed by atoms with Crippen molar-refractivity contribution < 1.29 is 14.4 Å². The van der Waals surface area contributed by atoms with Crippen molar-refractivity contribution in [1.29, 1.82) is 0 Å². The first-order chi connectivity index (χ1) is 8.11. The summed E-state index contributed by atoms with van der Waals surface area (Å²) in [6.45, 7) is 8.99. The Hall–Kier alpha value is -1.59. The SMILES string of the molecule is CC(C)C1NC(=O)N(CC(=O)NC(C)(C)C)C1=O. The molecule has 0 saturated carbocycles. The van der Waals surface area contributed by atoms with Crippen LogP contribution in [0.3, 0.4) is 0 Å². The molecule has 1 atom stereocenters. The van der Waals surface area contributed by atoms with Gasteiger partial charge in [-0.2, -0.15) is 0 Å². The van der Waals surface area contributed by atoms with Crippen LogP contribution in [0.2, 0.25) is 0 Å². The van der Waals surface area contributed by atoms with E-state index >= 15 is 0 Å². The Bertz CT molecular complexity index is 371. The molecule has 4 amide bonds. The molecular formula is C12H21N3O3. The van der Waals surface area contributed by atoms with Crippen molar-refractivity contribution in [3.05, 3.63) is 0 Å². The fourth-order valence-corrected chi connectivity index (χ4v) is 1.74. The summed E-state index contributed by atoms with van der Waals surface area (Å²) in [5.41, 5.74) is -0.381. The quantitative estimate of drug-likeness (QED) is 0.720. The van der Waals surface area contributed by atoms with E-state index in [2.05, 4.69) is 10.6 Å². The average Bonchev–Trinajstić information content (AvgIpc) is 2.42. The van der Waals surface area contributed by atoms with Gasteiger partial charge in [-0.3, -0.25) is 14.5 Å². The first kappa shape index (κ1) is 14.5. The Kier molecular flexibility index (Phi) is 3.98. The summed E-state index contributed by atoms with van der Waals surface area (Å²) in [5, 5.41) is 5.30. The monoisotopic (exact) mass is 255 g/mol. The predicted molar refractivity (Wildman–Crippen MR) is 66.8 cm³/mol. The number of rotatable bonds is 3. The van der Waals surface area contributed by atoms with Gasteiger partial charge in [0.2, 0.25) is 5.91 Å². The predicted octanol–water partition coefficient (Wildman–Crippen LogP) is 0.477. The maximum Gasteiger partial charge on any atom is 0.325 e. The lowest BCUT2D eigenvalue weighted by molar-refractivity contribution is -0.133. The molecule has 0 aromatic rings. The zero-order valence-electron chi connectivity index (χ0n) is 11.5. The molecule has 1 unspecified atom stereocenters. The second-order valence-electron chi connectivity index (χ2n) is 5.89. The van der Waals surface area contributed by atoms with Gasteiger partial charge in [-0.1, -0.05) is 13.8 Å². The van der Waals surface area contributed by atoms with Crippen LogP contribution in [0, 0.1) is 5.92 Å². The molecule has 1 aliphatic rings. The second kappa shape index (κ2) is 4.96. The summed E-state index contributed by atoms with van der Waals surface area (Å²) in [6.07, 6.45) is 0. The largest absolute Gasteiger partial charge is 0.350 e. The molecule has 1 saturated heterocycles. The first-order valence-electron chi connectivity index (χ1n) is 6.04. The number of hydrogen-bond donors (Lipinski definition) is 2. The molecule has 0 aromatic carbocycles. The highest BCUT2D eigenvalue weighted by Crippen LogP contribution is 2.13. The van der Waals surface area contributed by atoms with Gasteiger partial charge in [0.15, 0.2) is 0 Å². The molecule has 0 radical (unpaired) electrons. The van der Waals surface area contributed by atoms with Gasteiger partial charge in [0.1, 0.15) is 12.6 Å². The normalized spacial score (nSPS) is 20.3. The van der Waals surface area contributed by atoms with Gasteiger partial charge in [0.25, 0.3) is 5.91 Å². The van der Waals surface area contributed by atoms with Crippen LogP contribution in [0.25, 0.3) is 0 Å². The molecule has 6 heteroatoms. The fraction of sp³-hybridized carbons (Fsp3) is 0.750. The summed E-state index contributed by atoms with van der Waals surface area (Å²) in [5.74, 6) is -0.661. The number of amides is 4. The van der Waals surface area contributed by atoms with Crippen molar-refractivity contribution in [2.45, 2.75) is 46.2 Å². The summed E-state index contributed by atoms with van der Waals surface area (Å²) in [6, 6.07) is -1.03. The van der Waals surface area contributed by atoms with Crippen LogP contribution in [0.4, 0.5) is 4.79 Å². The molecule has 1 rings (SSSR count). The fourth-order valence-electron chi connectivity index (χ4n) is 1.74. The molecule has 1 aliphatic heterocycles. The molecule has 102 valence electrons. The topological polar surface area (TPSA) is 78.5 Å². The summed E-state index contributed by atoms with van der Waals surface area (Å²) >= 11 is 0. The molecule has 0 aliphatic carbocycles. The summed E-state index contributed by atoms with van der Waals surface area (Å²) in [4.78, 5) is 36.2. The lowest BCUT2D eigenvalue weighted by atomic mass is 10.1. The maximum absolute atomic E-state index is 11.9. The molecule has 2 N–H and O–H groups in total. The zero-order chi connectivity index (χ0) is 14.1. The number of imide groups is 1. The summed E-state index contributed by atoms with van der Waals surface area (Å²) in [7, 11) is 0. The number of nitrogens with zero attached hydrogens (tertiary/aromatic N) is 1. The van der Waals surface area contributed by atoms with Crippen LogP contribution in [0.5, 0.6) is 0 Å². The molecule has 0 spiro atoms. The van der Waals surface area contributed by atoms with E-state index in [0.717, 1.165) is 4.90 Å². The van der Waals surface area contributed by atoms with E-state index in [1.165, 1.54) is 0 Å². The van der Waals surface area contributed by atoms with Gasteiger partial charge < -0.3 is 10.6 Å². The van der Waals surface area contributed by atoms with E-state index in [0.29, 0.717) is 0 Å². The minimum Gasteiger partial charge on any atom is -0.350 e. The van der Waals surface area contributed by atoms with E-state index in [4.69, 9.17) is 0 Å². The maximum atomic E-state index is 11.9. The number of hydrogen-bond acceptors (Lipinski definition) is 3. The lowest BCUT2D eigenvalue weighted by Crippen LogP contribution is -2.47. The van der Waals surface area contributed by atoms with Crippen LogP contribution in [0.15, 0.2) is 0 Å². The molecule has 1 fully saturated rings. The Morgan fingerprint density at radius 2 is 1.94 bits per heavy atom. The minimum absolute atomic E-state index is 0.0112. The van der Waals surface area contributed by atoms with Crippen LogP contribution in [-0.2, 0) is 9.59 Å². The van der Waals surface area contributed by atoms with Crippen molar-refractivity contribution in [1.82, 2.24) is 15.5 Å². The van der Waals surface area contributed by atoms with E-state index in [1.807, 2.05) is 34.6 Å². The Morgan fingerprint density at radius 1 is 1.39 bits per heavy atom. The molecule has 18 heavy (non-hydrogen) atoms. The third kappa shape index (κ3) is 3.45. The van der Waals surface area contributed by atoms with Crippen molar-refractivity contribution in [3.8, 4) is 0 Å². The van der Waals surface area contributed by atoms with Crippen molar-refractivity contribution >= 4 is 17.8 Å². The molecular weight excluding hydrogens is 234 g/mol. The Balaban J connectivity index is 2.66. The lowest BCUT2D eigenvalue weighted by Gasteiger charge is -2.22. The van der Waals surface area contributed by atoms with Crippen LogP contribution in [0.1, 0.15) is 34.6 Å². The number of urea groups is 1. The zero-order valence-corrected chi connectivity index (χ0v) is 11.5. The van der Waals surface area contributed by atoms with Crippen LogP contribution >= 0.6 is 0 Å². The van der Waals surface area contributed by atoms with Crippen molar-refractivity contribution in [3.63, 3.8) is 0 Å². The van der Waals surface area contributed by atoms with Crippen molar-refractivity contribution in [2.75, 3.05) is 6.54 Å². The average molecular weight is 255 g/mol. The van der Waals surface area contributed by atoms with Gasteiger partial charge in [0.05, 0.1) is 0 Å². The number of carbonyl (C=O) groups excluding carboxylic acids is 3. The first-order valence-corrected chi connectivity index (χ1v) is 6.04. The van der Waals surface area contributed by atoms with E-state index in [1.54, 1.807) is 0 Å². The van der Waals surface area contributed by atoms with Crippen LogP contribution in [-0.4, -0.2) is 40.9 Å². The van der Waals surface area contributed by atoms with Gasteiger partial charge in [-0.15, -0.1) is 0 Å². The van der Waals surface area contributed by atoms with Gasteiger partial charge in [0, 0.05) is 5.54 Å². The summed E-state index contributed by atoms with van der Waals surface area (Å²) < 4.78 is 0. The van der Waals surface area contributed by atoms with E-state index in [9.17, 15) is 14.4 Å². The number of nitrogens with one attached hydrogen (secondary N) is 2. The van der Waals surface area contributed by atoms with E-state index < -0.39 is 12.1 Å². The van der Waals surface area contributed by atoms with Crippen molar-refractivity contribution in [2.24, 2.45) is 5.92 Å². The van der Waals surface area contributed by atoms with Gasteiger partial charge in [-0.25, -0.2) is 4.79 Å². The Morgan fingerprint density at radius 3 is 2.33 bits per heavy atom. The molecule has 6 nitrogen and oxygen atoms in total. The highest BCUT2D eigenvalue weighted by molar-refractivity contribution is 6.06. The number of carbonyl (C=O) groups is 3. The standard InChI is InChI=1S/C12H21N3O3/c1-7(2)9-10(17)15(11(18)13-9)6-8(16)14-12(3,4)5/h7,9H,6H2,1-5H3,(H,13,18)(H,14,16). The third-order valence-electron chi connectivity index (χ3n) is 2.54. The molecule has 1 heterocycles. The van der Waals surface area contributed by atoms with E-state index in [-0.39, 0.29) is 29.8 Å². The highest BCUT2D eigenvalue weighted by Gasteiger charge is 2.40. The van der Waals surface area contributed by atoms with Crippen LogP contribution < -0.4 is 10.6 Å². The second-order valence-corrected chi connectivity index (χ2v) is 5.89. The smallest absolute Gasteiger partial charge is 0.325 e. The van der Waals surface area contributed by atoms with Gasteiger partial charge >= 0.3 is 6.03 Å². The molecule has 0 aromatic heterocycles. The van der Waals surface area contributed by atoms with Gasteiger partial charge in [-0.05, 0) is 26.7 Å².